The summed E-state index contributed by atoms with van der Waals surface area (Å²) in [7, 11) is 0. The topological polar surface area (TPSA) is 121 Å². The Labute approximate surface area is 171 Å². The Hall–Kier alpha value is -3.88. The molecule has 2 amide bonds. The number of carbonyl (C=O) groups is 2. The molecule has 9 nitrogen and oxygen atoms in total. The number of imide groups is 1. The number of aromatic nitrogens is 3. The predicted molar refractivity (Wildman–Crippen MR) is 111 cm³/mol. The summed E-state index contributed by atoms with van der Waals surface area (Å²) in [4.78, 5) is 28.1. The minimum atomic E-state index is -0.388. The molecular formula is C21H20N6O3. The van der Waals surface area contributed by atoms with Gasteiger partial charge < -0.3 is 15.7 Å². The van der Waals surface area contributed by atoms with Crippen molar-refractivity contribution in [3.05, 3.63) is 47.7 Å². The lowest BCUT2D eigenvalue weighted by Gasteiger charge is -2.12. The van der Waals surface area contributed by atoms with E-state index in [4.69, 9.17) is 0 Å². The fraction of sp³-hybridized carbons (Fsp3) is 0.238. The van der Waals surface area contributed by atoms with Gasteiger partial charge in [0.2, 0.25) is 5.91 Å². The van der Waals surface area contributed by atoms with Gasteiger partial charge in [-0.15, -0.1) is 0 Å². The molecule has 0 unspecified atom stereocenters. The molecule has 0 radical (unpaired) electrons. The molecule has 5 rings (SSSR count). The molecule has 1 saturated heterocycles. The average Bonchev–Trinajstić information content (AvgIpc) is 3.37. The Bertz CT molecular complexity index is 1190. The van der Waals surface area contributed by atoms with Gasteiger partial charge in [-0.25, -0.2) is 4.98 Å². The number of fused-ring (bicyclic) bond motifs is 1. The van der Waals surface area contributed by atoms with Gasteiger partial charge in [0.25, 0.3) is 5.91 Å². The first-order valence-corrected chi connectivity index (χ1v) is 9.78. The molecular weight excluding hydrogens is 384 g/mol. The number of benzene rings is 1. The third-order valence-electron chi connectivity index (χ3n) is 5.11. The zero-order valence-corrected chi connectivity index (χ0v) is 16.1. The Morgan fingerprint density at radius 1 is 1.27 bits per heavy atom. The summed E-state index contributed by atoms with van der Waals surface area (Å²) in [6, 6.07) is 8.63. The Kier molecular flexibility index (Phi) is 4.35. The lowest BCUT2D eigenvalue weighted by Crippen LogP contribution is -2.19. The minimum absolute atomic E-state index is 0.0458. The molecule has 1 aromatic carbocycles. The lowest BCUT2D eigenvalue weighted by molar-refractivity contribution is -0.124. The number of anilines is 3. The van der Waals surface area contributed by atoms with E-state index in [1.54, 1.807) is 35.0 Å². The molecule has 2 aliphatic rings. The van der Waals surface area contributed by atoms with Gasteiger partial charge in [0.05, 0.1) is 12.6 Å². The van der Waals surface area contributed by atoms with Crippen molar-refractivity contribution < 1.29 is 14.7 Å². The first-order valence-electron chi connectivity index (χ1n) is 9.78. The number of aromatic hydroxyl groups is 1. The van der Waals surface area contributed by atoms with Gasteiger partial charge in [0.1, 0.15) is 17.4 Å². The van der Waals surface area contributed by atoms with Crippen molar-refractivity contribution in [1.29, 1.82) is 0 Å². The zero-order valence-electron chi connectivity index (χ0n) is 16.1. The molecule has 3 aromatic rings. The molecule has 1 saturated carbocycles. The van der Waals surface area contributed by atoms with Crippen LogP contribution in [0.4, 0.5) is 17.3 Å². The third-order valence-corrected chi connectivity index (χ3v) is 5.11. The Morgan fingerprint density at radius 2 is 2.13 bits per heavy atom. The van der Waals surface area contributed by atoms with Crippen LogP contribution in [0.3, 0.4) is 0 Å². The van der Waals surface area contributed by atoms with Gasteiger partial charge in [-0.3, -0.25) is 14.9 Å². The van der Waals surface area contributed by atoms with E-state index in [1.165, 1.54) is 12.8 Å². The molecule has 0 spiro atoms. The van der Waals surface area contributed by atoms with Crippen molar-refractivity contribution in [1.82, 2.24) is 19.9 Å². The average molecular weight is 404 g/mol. The SMILES string of the molecule is O=C1C/C(=C\c2cnn3c(NCC4CC4)cc(Nc4cccc(O)c4)nc23)C(=O)N1. The van der Waals surface area contributed by atoms with Crippen LogP contribution in [0.15, 0.2) is 42.1 Å². The quantitative estimate of drug-likeness (QED) is 0.368. The fourth-order valence-corrected chi connectivity index (χ4v) is 3.38. The van der Waals surface area contributed by atoms with Crippen LogP contribution in [0.5, 0.6) is 5.75 Å². The number of carbonyl (C=O) groups excluding carboxylic acids is 2. The van der Waals surface area contributed by atoms with Gasteiger partial charge in [0.15, 0.2) is 5.65 Å². The smallest absolute Gasteiger partial charge is 0.254 e. The molecule has 1 aliphatic heterocycles. The molecule has 0 bridgehead atoms. The van der Waals surface area contributed by atoms with E-state index in [-0.39, 0.29) is 24.0 Å². The van der Waals surface area contributed by atoms with Crippen molar-refractivity contribution in [2.24, 2.45) is 5.92 Å². The van der Waals surface area contributed by atoms with Crippen molar-refractivity contribution in [3.63, 3.8) is 0 Å². The molecule has 4 N–H and O–H groups in total. The highest BCUT2D eigenvalue weighted by Crippen LogP contribution is 2.30. The number of nitrogens with zero attached hydrogens (tertiary/aromatic N) is 3. The molecule has 2 aromatic heterocycles. The number of phenolic OH excluding ortho intramolecular Hbond substituents is 1. The Balaban J connectivity index is 1.55. The highest BCUT2D eigenvalue weighted by molar-refractivity contribution is 6.15. The second kappa shape index (κ2) is 7.18. The highest BCUT2D eigenvalue weighted by atomic mass is 16.3. The highest BCUT2D eigenvalue weighted by Gasteiger charge is 2.25. The second-order valence-corrected chi connectivity index (χ2v) is 7.59. The van der Waals surface area contributed by atoms with E-state index in [1.807, 2.05) is 12.1 Å². The van der Waals surface area contributed by atoms with Crippen LogP contribution in [-0.4, -0.2) is 38.1 Å². The van der Waals surface area contributed by atoms with Crippen LogP contribution < -0.4 is 16.0 Å². The van der Waals surface area contributed by atoms with Gasteiger partial charge in [-0.2, -0.15) is 9.61 Å². The summed E-state index contributed by atoms with van der Waals surface area (Å²) in [5.74, 6) is 1.46. The van der Waals surface area contributed by atoms with E-state index in [0.29, 0.717) is 34.2 Å². The van der Waals surface area contributed by atoms with Gasteiger partial charge in [-0.1, -0.05) is 6.07 Å². The summed E-state index contributed by atoms with van der Waals surface area (Å²) in [5.41, 5.74) is 2.28. The number of nitrogens with one attached hydrogen (secondary N) is 3. The van der Waals surface area contributed by atoms with E-state index in [2.05, 4.69) is 26.0 Å². The van der Waals surface area contributed by atoms with E-state index >= 15 is 0 Å². The lowest BCUT2D eigenvalue weighted by atomic mass is 10.1. The molecule has 152 valence electrons. The summed E-state index contributed by atoms with van der Waals surface area (Å²) in [6.45, 7) is 0.845. The molecule has 2 fully saturated rings. The summed E-state index contributed by atoms with van der Waals surface area (Å²) < 4.78 is 1.69. The zero-order chi connectivity index (χ0) is 20.7. The molecule has 1 aliphatic carbocycles. The van der Waals surface area contributed by atoms with Gasteiger partial charge >= 0.3 is 0 Å². The first-order chi connectivity index (χ1) is 14.5. The number of amides is 2. The van der Waals surface area contributed by atoms with E-state index in [0.717, 1.165) is 12.4 Å². The summed E-state index contributed by atoms with van der Waals surface area (Å²) in [6.07, 6.45) is 5.76. The van der Waals surface area contributed by atoms with E-state index in [9.17, 15) is 14.7 Å². The standard InChI is InChI=1S/C21H20N6O3/c28-16-3-1-2-15(8-16)24-17-9-18(22-10-12-4-5-12)27-20(25-17)14(11-23-27)6-13-7-19(29)26-21(13)30/h1-3,6,8-9,11-12,22,28H,4-5,7,10H2,(H,24,25)(H,26,29,30)/b13-6+. The monoisotopic (exact) mass is 404 g/mol. The third kappa shape index (κ3) is 3.69. The van der Waals surface area contributed by atoms with Crippen LogP contribution in [0.25, 0.3) is 11.7 Å². The van der Waals surface area contributed by atoms with Gasteiger partial charge in [-0.05, 0) is 37.0 Å². The van der Waals surface area contributed by atoms with Crippen molar-refractivity contribution in [3.8, 4) is 5.75 Å². The fourth-order valence-electron chi connectivity index (χ4n) is 3.38. The predicted octanol–water partition coefficient (Wildman–Crippen LogP) is 2.43. The molecule has 30 heavy (non-hydrogen) atoms. The largest absolute Gasteiger partial charge is 0.508 e. The maximum atomic E-state index is 11.9. The summed E-state index contributed by atoms with van der Waals surface area (Å²) in [5, 5.41) is 23.1. The van der Waals surface area contributed by atoms with Crippen LogP contribution >= 0.6 is 0 Å². The minimum Gasteiger partial charge on any atom is -0.508 e. The first kappa shape index (κ1) is 18.2. The maximum absolute atomic E-state index is 11.9. The van der Waals surface area contributed by atoms with Crippen molar-refractivity contribution in [2.45, 2.75) is 19.3 Å². The second-order valence-electron chi connectivity index (χ2n) is 7.59. The van der Waals surface area contributed by atoms with Gasteiger partial charge in [0, 0.05) is 35.5 Å². The van der Waals surface area contributed by atoms with Crippen LogP contribution in [0.1, 0.15) is 24.8 Å². The van der Waals surface area contributed by atoms with Crippen LogP contribution in [-0.2, 0) is 9.59 Å². The molecule has 0 atom stereocenters. The number of hydrogen-bond donors (Lipinski definition) is 4. The summed E-state index contributed by atoms with van der Waals surface area (Å²) >= 11 is 0. The number of phenols is 1. The van der Waals surface area contributed by atoms with Crippen molar-refractivity contribution in [2.75, 3.05) is 17.2 Å². The Morgan fingerprint density at radius 3 is 2.87 bits per heavy atom. The number of hydrogen-bond acceptors (Lipinski definition) is 7. The van der Waals surface area contributed by atoms with Crippen LogP contribution in [0.2, 0.25) is 0 Å². The normalized spacial score (nSPS) is 17.5. The van der Waals surface area contributed by atoms with Crippen molar-refractivity contribution >= 4 is 40.9 Å². The number of rotatable bonds is 6. The van der Waals surface area contributed by atoms with E-state index < -0.39 is 0 Å². The molecule has 9 heteroatoms. The van der Waals surface area contributed by atoms with Crippen LogP contribution in [0, 0.1) is 5.92 Å². The maximum Gasteiger partial charge on any atom is 0.254 e. The molecule has 3 heterocycles.